The maximum Gasteiger partial charge on any atom is 0.180 e. The molecule has 0 spiro atoms. The number of rotatable bonds is 3. The van der Waals surface area contributed by atoms with Gasteiger partial charge in [0.05, 0.1) is 9.83 Å². The van der Waals surface area contributed by atoms with Crippen LogP contribution in [0.25, 0.3) is 0 Å². The Balaban J connectivity index is 2.02. The molecule has 4 nitrogen and oxygen atoms in total. The van der Waals surface area contributed by atoms with Crippen LogP contribution in [0.3, 0.4) is 0 Å². The zero-order chi connectivity index (χ0) is 9.97. The minimum Gasteiger partial charge on any atom is -0.469 e. The first-order valence-corrected chi connectivity index (χ1v) is 5.27. The first-order valence-electron chi connectivity index (χ1n) is 4.19. The van der Waals surface area contributed by atoms with Crippen LogP contribution in [0.4, 0.5) is 5.82 Å². The van der Waals surface area contributed by atoms with Gasteiger partial charge >= 0.3 is 0 Å². The van der Waals surface area contributed by atoms with Crippen molar-refractivity contribution in [2.75, 3.05) is 5.73 Å². The second kappa shape index (κ2) is 4.04. The summed E-state index contributed by atoms with van der Waals surface area (Å²) in [4.78, 5) is 0. The molecule has 0 aromatic carbocycles. The highest BCUT2D eigenvalue weighted by Crippen LogP contribution is 2.20. The number of hydrogen-bond donors (Lipinski definition) is 1. The Kier molecular flexibility index (Phi) is 2.76. The molecule has 2 N–H and O–H groups in total. The lowest BCUT2D eigenvalue weighted by Crippen LogP contribution is -1.91. The van der Waals surface area contributed by atoms with Gasteiger partial charge in [0.25, 0.3) is 0 Å². The van der Waals surface area contributed by atoms with E-state index in [2.05, 4.69) is 27.7 Å². The van der Waals surface area contributed by atoms with Crippen LogP contribution in [0, 0.1) is 3.57 Å². The number of nitrogen functional groups attached to an aromatic ring is 1. The topological polar surface area (TPSA) is 65.2 Å². The standard InChI is InChI=1S/C9H9IN2O2/c10-8-7(14-12-9(8)11)4-3-6-2-1-5-13-6/h1-2,5H,3-4H2,(H2,11,12). The lowest BCUT2D eigenvalue weighted by Gasteiger charge is -1.93. The molecule has 14 heavy (non-hydrogen) atoms. The van der Waals surface area contributed by atoms with Gasteiger partial charge in [0, 0.05) is 12.8 Å². The Hall–Kier alpha value is -0.980. The van der Waals surface area contributed by atoms with Gasteiger partial charge in [-0.1, -0.05) is 5.16 Å². The van der Waals surface area contributed by atoms with Crippen molar-refractivity contribution in [1.82, 2.24) is 5.16 Å². The summed E-state index contributed by atoms with van der Waals surface area (Å²) in [7, 11) is 0. The lowest BCUT2D eigenvalue weighted by molar-refractivity contribution is 0.380. The highest BCUT2D eigenvalue weighted by Gasteiger charge is 2.10. The summed E-state index contributed by atoms with van der Waals surface area (Å²) < 4.78 is 11.2. The lowest BCUT2D eigenvalue weighted by atomic mass is 10.2. The van der Waals surface area contributed by atoms with Gasteiger partial charge in [-0.3, -0.25) is 0 Å². The first kappa shape index (κ1) is 9.57. The summed E-state index contributed by atoms with van der Waals surface area (Å²) in [6.45, 7) is 0. The van der Waals surface area contributed by atoms with Crippen LogP contribution in [0.1, 0.15) is 11.5 Å². The predicted molar refractivity (Wildman–Crippen MR) is 59.7 cm³/mol. The molecule has 5 heteroatoms. The van der Waals surface area contributed by atoms with Crippen LogP contribution in [0.15, 0.2) is 27.3 Å². The zero-order valence-corrected chi connectivity index (χ0v) is 9.52. The molecule has 0 radical (unpaired) electrons. The van der Waals surface area contributed by atoms with E-state index in [9.17, 15) is 0 Å². The van der Waals surface area contributed by atoms with E-state index < -0.39 is 0 Å². The van der Waals surface area contributed by atoms with Gasteiger partial charge in [-0.2, -0.15) is 0 Å². The van der Waals surface area contributed by atoms with Crippen LogP contribution in [-0.2, 0) is 12.8 Å². The molecule has 0 aliphatic rings. The van der Waals surface area contributed by atoms with Gasteiger partial charge in [-0.05, 0) is 34.7 Å². The smallest absolute Gasteiger partial charge is 0.180 e. The average molecular weight is 304 g/mol. The van der Waals surface area contributed by atoms with Gasteiger partial charge in [-0.25, -0.2) is 0 Å². The van der Waals surface area contributed by atoms with Gasteiger partial charge in [0.2, 0.25) is 0 Å². The Labute approximate surface area is 94.6 Å². The maximum absolute atomic E-state index is 5.55. The molecule has 0 aliphatic carbocycles. The van der Waals surface area contributed by atoms with Crippen molar-refractivity contribution in [2.24, 2.45) is 0 Å². The molecular weight excluding hydrogens is 295 g/mol. The van der Waals surface area contributed by atoms with Gasteiger partial charge in [-0.15, -0.1) is 0 Å². The molecular formula is C9H9IN2O2. The highest BCUT2D eigenvalue weighted by molar-refractivity contribution is 14.1. The fourth-order valence-corrected chi connectivity index (χ4v) is 1.64. The van der Waals surface area contributed by atoms with Gasteiger partial charge in [0.1, 0.15) is 5.76 Å². The molecule has 0 unspecified atom stereocenters. The molecule has 2 heterocycles. The van der Waals surface area contributed by atoms with Crippen molar-refractivity contribution >= 4 is 28.4 Å². The molecule has 0 atom stereocenters. The van der Waals surface area contributed by atoms with E-state index in [0.29, 0.717) is 5.82 Å². The Morgan fingerprint density at radius 1 is 1.43 bits per heavy atom. The number of hydrogen-bond acceptors (Lipinski definition) is 4. The molecule has 0 saturated carbocycles. The Morgan fingerprint density at radius 3 is 2.86 bits per heavy atom. The zero-order valence-electron chi connectivity index (χ0n) is 7.37. The molecule has 0 aliphatic heterocycles. The van der Waals surface area contributed by atoms with Crippen molar-refractivity contribution in [3.63, 3.8) is 0 Å². The van der Waals surface area contributed by atoms with Crippen LogP contribution in [0.5, 0.6) is 0 Å². The van der Waals surface area contributed by atoms with Gasteiger partial charge in [0.15, 0.2) is 11.6 Å². The number of aromatic nitrogens is 1. The Bertz CT molecular complexity index is 408. The van der Waals surface area contributed by atoms with E-state index in [-0.39, 0.29) is 0 Å². The van der Waals surface area contributed by atoms with E-state index in [0.717, 1.165) is 27.9 Å². The third kappa shape index (κ3) is 1.92. The molecule has 0 saturated heterocycles. The predicted octanol–water partition coefficient (Wildman–Crippen LogP) is 2.24. The largest absolute Gasteiger partial charge is 0.469 e. The quantitative estimate of drug-likeness (QED) is 0.883. The molecule has 0 amide bonds. The van der Waals surface area contributed by atoms with Crippen molar-refractivity contribution in [1.29, 1.82) is 0 Å². The Morgan fingerprint density at radius 2 is 2.29 bits per heavy atom. The van der Waals surface area contributed by atoms with Crippen LogP contribution in [0.2, 0.25) is 0 Å². The van der Waals surface area contributed by atoms with Crippen molar-refractivity contribution in [3.05, 3.63) is 33.5 Å². The molecule has 0 fully saturated rings. The number of halogens is 1. The third-order valence-electron chi connectivity index (χ3n) is 1.90. The number of furan rings is 1. The van der Waals surface area contributed by atoms with E-state index in [1.165, 1.54) is 0 Å². The molecule has 74 valence electrons. The van der Waals surface area contributed by atoms with Crippen molar-refractivity contribution in [3.8, 4) is 0 Å². The highest BCUT2D eigenvalue weighted by atomic mass is 127. The summed E-state index contributed by atoms with van der Waals surface area (Å²) in [6, 6.07) is 3.81. The molecule has 2 aromatic rings. The summed E-state index contributed by atoms with van der Waals surface area (Å²) >= 11 is 2.13. The van der Waals surface area contributed by atoms with Gasteiger partial charge < -0.3 is 14.7 Å². The van der Waals surface area contributed by atoms with Crippen molar-refractivity contribution < 1.29 is 8.94 Å². The maximum atomic E-state index is 5.55. The fourth-order valence-electron chi connectivity index (χ4n) is 1.17. The normalized spacial score (nSPS) is 10.6. The third-order valence-corrected chi connectivity index (χ3v) is 3.06. The summed E-state index contributed by atoms with van der Waals surface area (Å²) in [5.74, 6) is 2.22. The summed E-state index contributed by atoms with van der Waals surface area (Å²) in [6.07, 6.45) is 3.22. The van der Waals surface area contributed by atoms with Crippen LogP contribution < -0.4 is 5.73 Å². The summed E-state index contributed by atoms with van der Waals surface area (Å²) in [5, 5.41) is 3.68. The second-order valence-electron chi connectivity index (χ2n) is 2.88. The van der Waals surface area contributed by atoms with Crippen LogP contribution >= 0.6 is 22.6 Å². The van der Waals surface area contributed by atoms with Crippen LogP contribution in [-0.4, -0.2) is 5.16 Å². The number of nitrogens with two attached hydrogens (primary N) is 1. The minimum absolute atomic E-state index is 0.458. The monoisotopic (exact) mass is 304 g/mol. The average Bonchev–Trinajstić information content (AvgIpc) is 2.77. The SMILES string of the molecule is Nc1noc(CCc2ccco2)c1I. The van der Waals surface area contributed by atoms with E-state index in [4.69, 9.17) is 14.7 Å². The van der Waals surface area contributed by atoms with E-state index in [1.54, 1.807) is 6.26 Å². The van der Waals surface area contributed by atoms with E-state index >= 15 is 0 Å². The van der Waals surface area contributed by atoms with Crippen molar-refractivity contribution in [2.45, 2.75) is 12.8 Å². The number of nitrogens with zero attached hydrogens (tertiary/aromatic N) is 1. The number of anilines is 1. The molecule has 2 aromatic heterocycles. The van der Waals surface area contributed by atoms with E-state index in [1.807, 2.05) is 12.1 Å². The number of aryl methyl sites for hydroxylation is 2. The molecule has 0 bridgehead atoms. The fraction of sp³-hybridized carbons (Fsp3) is 0.222. The summed E-state index contributed by atoms with van der Waals surface area (Å²) in [5.41, 5.74) is 5.55. The molecule has 2 rings (SSSR count). The first-order chi connectivity index (χ1) is 6.77. The minimum atomic E-state index is 0.458. The second-order valence-corrected chi connectivity index (χ2v) is 3.96.